The molecule has 0 radical (unpaired) electrons. The molecule has 128 valence electrons. The molecular weight excluding hydrogens is 310 g/mol. The molecule has 25 heavy (non-hydrogen) atoms. The Kier molecular flexibility index (Phi) is 3.37. The van der Waals surface area contributed by atoms with Crippen molar-refractivity contribution in [2.75, 3.05) is 12.4 Å². The number of ether oxygens (including phenoxy) is 1. The zero-order valence-corrected chi connectivity index (χ0v) is 14.4. The van der Waals surface area contributed by atoms with Gasteiger partial charge in [-0.3, -0.25) is 0 Å². The average Bonchev–Trinajstić information content (AvgIpc) is 3.29. The number of fused-ring (bicyclic) bond motifs is 7. The number of hydrogen-bond donors (Lipinski definition) is 1. The molecule has 0 spiro atoms. The van der Waals surface area contributed by atoms with Crippen molar-refractivity contribution in [2.24, 2.45) is 17.8 Å². The number of methoxy groups -OCH3 is 1. The van der Waals surface area contributed by atoms with Gasteiger partial charge in [-0.15, -0.1) is 0 Å². The minimum atomic E-state index is -0.243. The minimum absolute atomic E-state index is 0.243. The summed E-state index contributed by atoms with van der Waals surface area (Å²) in [5.74, 6) is 2.50. The molecule has 1 aliphatic heterocycles. The van der Waals surface area contributed by atoms with Crippen LogP contribution in [-0.2, 0) is 4.74 Å². The van der Waals surface area contributed by atoms with Gasteiger partial charge in [-0.2, -0.15) is 0 Å². The first-order valence-electron chi connectivity index (χ1n) is 9.30. The number of esters is 1. The molecule has 2 aliphatic carbocycles. The first-order chi connectivity index (χ1) is 12.3. The Morgan fingerprint density at radius 1 is 1.08 bits per heavy atom. The van der Waals surface area contributed by atoms with E-state index in [1.54, 1.807) is 0 Å². The number of nitrogens with one attached hydrogen (secondary N) is 1. The molecule has 2 aromatic rings. The first-order valence-corrected chi connectivity index (χ1v) is 9.30. The number of carbonyl (C=O) groups excluding carboxylic acids is 1. The smallest absolute Gasteiger partial charge is 0.337 e. The molecular formula is C22H23NO2. The summed E-state index contributed by atoms with van der Waals surface area (Å²) in [6.45, 7) is 0. The normalized spacial score (nSPS) is 31.8. The Hall–Kier alpha value is -2.29. The number of carbonyl (C=O) groups is 1. The van der Waals surface area contributed by atoms with E-state index < -0.39 is 0 Å². The van der Waals surface area contributed by atoms with Gasteiger partial charge in [0.25, 0.3) is 0 Å². The van der Waals surface area contributed by atoms with Crippen LogP contribution in [0.4, 0.5) is 5.69 Å². The van der Waals surface area contributed by atoms with Crippen LogP contribution in [0, 0.1) is 17.8 Å². The van der Waals surface area contributed by atoms with Gasteiger partial charge in [0, 0.05) is 5.69 Å². The van der Waals surface area contributed by atoms with E-state index in [0.29, 0.717) is 23.4 Å². The Morgan fingerprint density at radius 2 is 1.88 bits per heavy atom. The predicted octanol–water partition coefficient (Wildman–Crippen LogP) is 4.77. The van der Waals surface area contributed by atoms with E-state index in [1.807, 2.05) is 6.07 Å². The number of hydrogen-bond acceptors (Lipinski definition) is 3. The fourth-order valence-corrected chi connectivity index (χ4v) is 5.72. The summed E-state index contributed by atoms with van der Waals surface area (Å²) in [5, 5.41) is 3.80. The van der Waals surface area contributed by atoms with Crippen LogP contribution in [0.1, 0.15) is 52.7 Å². The molecule has 1 N–H and O–H groups in total. The van der Waals surface area contributed by atoms with Crippen molar-refractivity contribution in [1.82, 2.24) is 0 Å². The fourth-order valence-electron chi connectivity index (χ4n) is 5.72. The molecule has 5 atom stereocenters. The summed E-state index contributed by atoms with van der Waals surface area (Å²) in [5.41, 5.74) is 4.57. The van der Waals surface area contributed by atoms with Crippen LogP contribution in [0.25, 0.3) is 0 Å². The number of benzene rings is 2. The van der Waals surface area contributed by atoms with Crippen LogP contribution in [0.3, 0.4) is 0 Å². The molecule has 2 saturated carbocycles. The second-order valence-electron chi connectivity index (χ2n) is 7.76. The first kappa shape index (κ1) is 15.0. The molecule has 0 saturated heterocycles. The third-order valence-corrected chi connectivity index (χ3v) is 6.67. The lowest BCUT2D eigenvalue weighted by molar-refractivity contribution is 0.0600. The van der Waals surface area contributed by atoms with Crippen LogP contribution in [0.2, 0.25) is 0 Å². The summed E-state index contributed by atoms with van der Waals surface area (Å²) in [7, 11) is 1.45. The van der Waals surface area contributed by atoms with Gasteiger partial charge in [0.05, 0.1) is 18.7 Å². The molecule has 5 rings (SSSR count). The van der Waals surface area contributed by atoms with Gasteiger partial charge in [-0.1, -0.05) is 30.3 Å². The highest BCUT2D eigenvalue weighted by atomic mass is 16.5. The topological polar surface area (TPSA) is 38.3 Å². The summed E-state index contributed by atoms with van der Waals surface area (Å²) in [6.07, 6.45) is 4.01. The van der Waals surface area contributed by atoms with Gasteiger partial charge in [-0.05, 0) is 72.3 Å². The summed E-state index contributed by atoms with van der Waals surface area (Å²) in [6, 6.07) is 17.2. The molecule has 3 aliphatic rings. The Morgan fingerprint density at radius 3 is 2.68 bits per heavy atom. The van der Waals surface area contributed by atoms with E-state index in [-0.39, 0.29) is 5.97 Å². The molecule has 2 aromatic carbocycles. The Bertz CT molecular complexity index is 816. The van der Waals surface area contributed by atoms with Crippen LogP contribution in [-0.4, -0.2) is 13.1 Å². The van der Waals surface area contributed by atoms with E-state index in [4.69, 9.17) is 4.74 Å². The predicted molar refractivity (Wildman–Crippen MR) is 97.6 cm³/mol. The van der Waals surface area contributed by atoms with Crippen molar-refractivity contribution in [3.8, 4) is 0 Å². The third-order valence-electron chi connectivity index (χ3n) is 6.67. The molecule has 0 amide bonds. The van der Waals surface area contributed by atoms with E-state index in [2.05, 4.69) is 47.8 Å². The maximum atomic E-state index is 12.0. The lowest BCUT2D eigenvalue weighted by atomic mass is 9.68. The van der Waals surface area contributed by atoms with Crippen LogP contribution < -0.4 is 5.32 Å². The van der Waals surface area contributed by atoms with Gasteiger partial charge >= 0.3 is 5.97 Å². The maximum absolute atomic E-state index is 12.0. The van der Waals surface area contributed by atoms with Crippen molar-refractivity contribution < 1.29 is 9.53 Å². The third kappa shape index (κ3) is 2.21. The van der Waals surface area contributed by atoms with Crippen molar-refractivity contribution >= 4 is 11.7 Å². The van der Waals surface area contributed by atoms with Crippen molar-refractivity contribution in [2.45, 2.75) is 31.2 Å². The van der Waals surface area contributed by atoms with E-state index in [1.165, 1.54) is 43.2 Å². The van der Waals surface area contributed by atoms with Gasteiger partial charge in [-0.25, -0.2) is 4.79 Å². The zero-order valence-electron chi connectivity index (χ0n) is 14.4. The lowest BCUT2D eigenvalue weighted by Crippen LogP contribution is -2.35. The van der Waals surface area contributed by atoms with Crippen molar-refractivity contribution in [3.63, 3.8) is 0 Å². The molecule has 2 bridgehead atoms. The summed E-state index contributed by atoms with van der Waals surface area (Å²) in [4.78, 5) is 12.0. The highest BCUT2D eigenvalue weighted by Gasteiger charge is 2.53. The maximum Gasteiger partial charge on any atom is 0.337 e. The highest BCUT2D eigenvalue weighted by Crippen LogP contribution is 2.63. The number of anilines is 1. The molecule has 0 unspecified atom stereocenters. The molecule has 1 heterocycles. The fraction of sp³-hybridized carbons (Fsp3) is 0.409. The quantitative estimate of drug-likeness (QED) is 0.805. The van der Waals surface area contributed by atoms with Crippen LogP contribution in [0.5, 0.6) is 0 Å². The largest absolute Gasteiger partial charge is 0.465 e. The average molecular weight is 333 g/mol. The Balaban J connectivity index is 1.61. The summed E-state index contributed by atoms with van der Waals surface area (Å²) < 4.78 is 4.93. The lowest BCUT2D eigenvalue weighted by Gasteiger charge is -2.43. The van der Waals surface area contributed by atoms with Gasteiger partial charge in [0.1, 0.15) is 0 Å². The second kappa shape index (κ2) is 5.62. The highest BCUT2D eigenvalue weighted by molar-refractivity contribution is 5.90. The molecule has 2 fully saturated rings. The van der Waals surface area contributed by atoms with Crippen LogP contribution in [0.15, 0.2) is 48.5 Å². The van der Waals surface area contributed by atoms with E-state index in [9.17, 15) is 4.79 Å². The molecule has 3 heteroatoms. The van der Waals surface area contributed by atoms with Gasteiger partial charge < -0.3 is 10.1 Å². The van der Waals surface area contributed by atoms with Crippen molar-refractivity contribution in [3.05, 3.63) is 65.2 Å². The van der Waals surface area contributed by atoms with Gasteiger partial charge in [0.2, 0.25) is 0 Å². The van der Waals surface area contributed by atoms with E-state index >= 15 is 0 Å². The molecule has 0 aromatic heterocycles. The standard InChI is InChI=1S/C22H23NO2/c1-25-22(24)16-9-10-18-17(12-16)19-14-7-8-15(11-14)20(19)21(23-18)13-5-3-2-4-6-13/h2-6,9-10,12,14-15,19-21,23H,7-8,11H2,1H3/t14-,15+,19-,20-,21+/m0/s1. The van der Waals surface area contributed by atoms with E-state index in [0.717, 1.165) is 11.8 Å². The minimum Gasteiger partial charge on any atom is -0.465 e. The number of rotatable bonds is 2. The molecule has 3 nitrogen and oxygen atoms in total. The SMILES string of the molecule is COC(=O)c1ccc2c(c1)[C@@H]1[C@H]3CC[C@H](C3)[C@@H]1[C@@H](c1ccccc1)N2. The summed E-state index contributed by atoms with van der Waals surface area (Å²) >= 11 is 0. The second-order valence-corrected chi connectivity index (χ2v) is 7.76. The Labute approximate surface area is 148 Å². The van der Waals surface area contributed by atoms with Crippen LogP contribution >= 0.6 is 0 Å². The van der Waals surface area contributed by atoms with Crippen molar-refractivity contribution in [1.29, 1.82) is 0 Å². The zero-order chi connectivity index (χ0) is 17.0. The van der Waals surface area contributed by atoms with Gasteiger partial charge in [0.15, 0.2) is 0 Å². The monoisotopic (exact) mass is 333 g/mol.